The molecule has 3 rings (SSSR count). The molecule has 2 aromatic rings. The first-order valence-electron chi connectivity index (χ1n) is 9.45. The van der Waals surface area contributed by atoms with Gasteiger partial charge in [0.25, 0.3) is 0 Å². The molecule has 0 saturated carbocycles. The molecule has 2 amide bonds. The van der Waals surface area contributed by atoms with Crippen LogP contribution in [0.5, 0.6) is 5.75 Å². The summed E-state index contributed by atoms with van der Waals surface area (Å²) in [7, 11) is 0. The Morgan fingerprint density at radius 1 is 1.35 bits per heavy atom. The van der Waals surface area contributed by atoms with Gasteiger partial charge in [0.15, 0.2) is 0 Å². The zero-order valence-corrected chi connectivity index (χ0v) is 19.0. The lowest BCUT2D eigenvalue weighted by atomic mass is 9.87. The quantitative estimate of drug-likeness (QED) is 0.571. The van der Waals surface area contributed by atoms with E-state index >= 15 is 0 Å². The number of carbonyl (C=O) groups is 2. The van der Waals surface area contributed by atoms with E-state index in [9.17, 15) is 19.2 Å². The van der Waals surface area contributed by atoms with E-state index in [1.807, 2.05) is 19.1 Å². The molecule has 0 fully saturated rings. The normalized spacial score (nSPS) is 15.8. The molecule has 0 aromatic heterocycles. The maximum absolute atomic E-state index is 13.9. The summed E-state index contributed by atoms with van der Waals surface area (Å²) in [6.07, 6.45) is 0.136. The first-order valence-corrected chi connectivity index (χ1v) is 11.2. The van der Waals surface area contributed by atoms with Gasteiger partial charge >= 0.3 is 0 Å². The third kappa shape index (κ3) is 5.87. The van der Waals surface area contributed by atoms with Crippen molar-refractivity contribution in [2.45, 2.75) is 19.3 Å². The first-order chi connectivity index (χ1) is 14.9. The summed E-state index contributed by atoms with van der Waals surface area (Å²) in [4.78, 5) is 24.5. The predicted octanol–water partition coefficient (Wildman–Crippen LogP) is 4.70. The van der Waals surface area contributed by atoms with Crippen molar-refractivity contribution in [1.82, 2.24) is 5.32 Å². The highest BCUT2D eigenvalue weighted by molar-refractivity contribution is 9.10. The number of halogens is 2. The molecule has 0 aliphatic carbocycles. The third-order valence-corrected chi connectivity index (χ3v) is 6.01. The summed E-state index contributed by atoms with van der Waals surface area (Å²) in [5.41, 5.74) is 1.26. The smallest absolute Gasteiger partial charge is 0.234 e. The Hall–Kier alpha value is -2.83. The van der Waals surface area contributed by atoms with Gasteiger partial charge in [-0.1, -0.05) is 39.8 Å². The Morgan fingerprint density at radius 3 is 2.74 bits per heavy atom. The van der Waals surface area contributed by atoms with Gasteiger partial charge in [-0.05, 0) is 42.8 Å². The van der Waals surface area contributed by atoms with Gasteiger partial charge in [-0.3, -0.25) is 9.59 Å². The SMILES string of the molecule is CCOc1ccc([C@@H]2CC(=O)NC(SCC(=O)Nc3ccc(Br)cc3F)=C2C#N)cc1. The largest absolute Gasteiger partial charge is 0.494 e. The van der Waals surface area contributed by atoms with E-state index in [4.69, 9.17) is 4.74 Å². The number of thioether (sulfide) groups is 1. The number of hydrogen-bond donors (Lipinski definition) is 2. The Morgan fingerprint density at radius 2 is 2.10 bits per heavy atom. The van der Waals surface area contributed by atoms with Crippen LogP contribution in [0.2, 0.25) is 0 Å². The monoisotopic (exact) mass is 503 g/mol. The van der Waals surface area contributed by atoms with E-state index in [2.05, 4.69) is 32.6 Å². The summed E-state index contributed by atoms with van der Waals surface area (Å²) < 4.78 is 19.9. The van der Waals surface area contributed by atoms with Gasteiger partial charge in [-0.25, -0.2) is 4.39 Å². The van der Waals surface area contributed by atoms with Gasteiger partial charge in [-0.2, -0.15) is 5.26 Å². The van der Waals surface area contributed by atoms with Crippen LogP contribution in [0.4, 0.5) is 10.1 Å². The first kappa shape index (κ1) is 22.8. The fourth-order valence-corrected chi connectivity index (χ4v) is 4.31. The van der Waals surface area contributed by atoms with Crippen LogP contribution in [-0.4, -0.2) is 24.2 Å². The number of benzene rings is 2. The molecule has 31 heavy (non-hydrogen) atoms. The van der Waals surface area contributed by atoms with Crippen LogP contribution in [0.3, 0.4) is 0 Å². The Bertz CT molecular complexity index is 1070. The number of nitriles is 1. The van der Waals surface area contributed by atoms with E-state index in [0.717, 1.165) is 17.3 Å². The molecule has 0 saturated heterocycles. The van der Waals surface area contributed by atoms with Crippen LogP contribution in [0.1, 0.15) is 24.8 Å². The summed E-state index contributed by atoms with van der Waals surface area (Å²) >= 11 is 4.20. The minimum atomic E-state index is -0.564. The topological polar surface area (TPSA) is 91.2 Å². The lowest BCUT2D eigenvalue weighted by Gasteiger charge is -2.25. The molecule has 0 radical (unpaired) electrons. The number of nitrogens with one attached hydrogen (secondary N) is 2. The van der Waals surface area contributed by atoms with E-state index < -0.39 is 17.6 Å². The van der Waals surface area contributed by atoms with Crippen molar-refractivity contribution in [3.63, 3.8) is 0 Å². The number of amides is 2. The van der Waals surface area contributed by atoms with E-state index in [1.54, 1.807) is 18.2 Å². The van der Waals surface area contributed by atoms with Crippen LogP contribution >= 0.6 is 27.7 Å². The molecule has 1 atom stereocenters. The fraction of sp³-hybridized carbons (Fsp3) is 0.227. The molecule has 160 valence electrons. The number of anilines is 1. The number of ether oxygens (including phenoxy) is 1. The standard InChI is InChI=1S/C22H19BrFN3O3S/c1-2-30-15-6-3-13(4-7-15)16-10-20(28)27-22(17(16)11-25)31-12-21(29)26-19-8-5-14(23)9-18(19)24/h3-9,16H,2,10,12H2,1H3,(H,26,29)(H,27,28)/t16-/m0/s1. The number of carbonyl (C=O) groups excluding carboxylic acids is 2. The average Bonchev–Trinajstić information content (AvgIpc) is 2.74. The van der Waals surface area contributed by atoms with Crippen LogP contribution in [-0.2, 0) is 9.59 Å². The number of allylic oxidation sites excluding steroid dienone is 1. The maximum Gasteiger partial charge on any atom is 0.234 e. The van der Waals surface area contributed by atoms with Crippen molar-refractivity contribution in [3.8, 4) is 11.8 Å². The number of rotatable bonds is 7. The minimum absolute atomic E-state index is 0.0585. The summed E-state index contributed by atoms with van der Waals surface area (Å²) in [5, 5.41) is 15.2. The fourth-order valence-electron chi connectivity index (χ4n) is 3.10. The third-order valence-electron chi connectivity index (χ3n) is 4.50. The molecular formula is C22H19BrFN3O3S. The van der Waals surface area contributed by atoms with Crippen LogP contribution in [0, 0.1) is 17.1 Å². The van der Waals surface area contributed by atoms with Gasteiger partial charge in [0, 0.05) is 16.8 Å². The summed E-state index contributed by atoms with van der Waals surface area (Å²) in [5.74, 6) is -1.05. The number of nitrogens with zero attached hydrogens (tertiary/aromatic N) is 1. The molecule has 0 unspecified atom stereocenters. The van der Waals surface area contributed by atoms with E-state index in [-0.39, 0.29) is 23.8 Å². The van der Waals surface area contributed by atoms with Crippen molar-refractivity contribution in [2.24, 2.45) is 0 Å². The molecule has 2 aromatic carbocycles. The van der Waals surface area contributed by atoms with Crippen LogP contribution in [0.15, 0.2) is 57.5 Å². The van der Waals surface area contributed by atoms with E-state index in [0.29, 0.717) is 27.4 Å². The molecular weight excluding hydrogens is 485 g/mol. The van der Waals surface area contributed by atoms with E-state index in [1.165, 1.54) is 12.1 Å². The predicted molar refractivity (Wildman–Crippen MR) is 121 cm³/mol. The molecule has 6 nitrogen and oxygen atoms in total. The Kier molecular flexibility index (Phi) is 7.71. The highest BCUT2D eigenvalue weighted by Crippen LogP contribution is 2.36. The molecule has 9 heteroatoms. The lowest BCUT2D eigenvalue weighted by molar-refractivity contribution is -0.121. The van der Waals surface area contributed by atoms with Crippen molar-refractivity contribution in [2.75, 3.05) is 17.7 Å². The summed E-state index contributed by atoms with van der Waals surface area (Å²) in [6.45, 7) is 2.43. The van der Waals surface area contributed by atoms with Crippen LogP contribution < -0.4 is 15.4 Å². The lowest BCUT2D eigenvalue weighted by Crippen LogP contribution is -2.31. The molecule has 2 N–H and O–H groups in total. The number of hydrogen-bond acceptors (Lipinski definition) is 5. The second-order valence-corrected chi connectivity index (χ2v) is 8.52. The van der Waals surface area contributed by atoms with Gasteiger partial charge in [0.05, 0.1) is 34.7 Å². The highest BCUT2D eigenvalue weighted by Gasteiger charge is 2.30. The van der Waals surface area contributed by atoms with Crippen molar-refractivity contribution in [1.29, 1.82) is 5.26 Å². The van der Waals surface area contributed by atoms with Crippen molar-refractivity contribution >= 4 is 45.2 Å². The molecule has 1 aliphatic heterocycles. The zero-order valence-electron chi connectivity index (χ0n) is 16.6. The maximum atomic E-state index is 13.9. The van der Waals surface area contributed by atoms with Crippen LogP contribution in [0.25, 0.3) is 0 Å². The second kappa shape index (κ2) is 10.5. The van der Waals surface area contributed by atoms with Crippen molar-refractivity contribution in [3.05, 3.63) is 68.9 Å². The van der Waals surface area contributed by atoms with Gasteiger partial charge in [-0.15, -0.1) is 0 Å². The molecule has 0 bridgehead atoms. The highest BCUT2D eigenvalue weighted by atomic mass is 79.9. The molecule has 1 aliphatic rings. The minimum Gasteiger partial charge on any atom is -0.494 e. The van der Waals surface area contributed by atoms with Gasteiger partial charge in [0.2, 0.25) is 11.8 Å². The summed E-state index contributed by atoms with van der Waals surface area (Å²) in [6, 6.07) is 13.7. The molecule has 1 heterocycles. The second-order valence-electron chi connectivity index (χ2n) is 6.62. The Labute approximate surface area is 192 Å². The Balaban J connectivity index is 1.74. The van der Waals surface area contributed by atoms with Gasteiger partial charge in [0.1, 0.15) is 11.6 Å². The van der Waals surface area contributed by atoms with Crippen molar-refractivity contribution < 1.29 is 18.7 Å². The molecule has 0 spiro atoms. The zero-order chi connectivity index (χ0) is 22.4. The van der Waals surface area contributed by atoms with Gasteiger partial charge < -0.3 is 15.4 Å². The average molecular weight is 504 g/mol.